The molecule has 2 rings (SSSR count). The Morgan fingerprint density at radius 2 is 2.24 bits per heavy atom. The Morgan fingerprint density at radius 3 is 2.90 bits per heavy atom. The highest BCUT2D eigenvalue weighted by atomic mass is 16.5. The lowest BCUT2D eigenvalue weighted by Crippen LogP contribution is -2.37. The van der Waals surface area contributed by atoms with E-state index in [4.69, 9.17) is 9.47 Å². The molecule has 0 spiro atoms. The standard InChI is InChI=1S/C15H25N3O3/c1-20-11-13(21-2)10-17-15(19)14-4-3-9-18(14)12-5-7-16-8-6-12/h3-4,9,12-13,16H,5-8,10-11H2,1-2H3,(H,17,19). The van der Waals surface area contributed by atoms with Crippen molar-refractivity contribution in [3.05, 3.63) is 24.0 Å². The second kappa shape index (κ2) is 8.17. The Kier molecular flexibility index (Phi) is 6.22. The van der Waals surface area contributed by atoms with Gasteiger partial charge >= 0.3 is 0 Å². The van der Waals surface area contributed by atoms with Gasteiger partial charge in [0, 0.05) is 33.0 Å². The van der Waals surface area contributed by atoms with Crippen LogP contribution in [0.1, 0.15) is 29.4 Å². The van der Waals surface area contributed by atoms with Crippen LogP contribution in [0.4, 0.5) is 0 Å². The molecule has 1 aliphatic heterocycles. The maximum Gasteiger partial charge on any atom is 0.268 e. The van der Waals surface area contributed by atoms with Gasteiger partial charge < -0.3 is 24.7 Å². The highest BCUT2D eigenvalue weighted by Crippen LogP contribution is 2.21. The molecule has 0 radical (unpaired) electrons. The van der Waals surface area contributed by atoms with Crippen LogP contribution in [0, 0.1) is 0 Å². The van der Waals surface area contributed by atoms with Gasteiger partial charge in [-0.1, -0.05) is 0 Å². The number of methoxy groups -OCH3 is 2. The van der Waals surface area contributed by atoms with Crippen LogP contribution >= 0.6 is 0 Å². The normalized spacial score (nSPS) is 17.6. The van der Waals surface area contributed by atoms with E-state index < -0.39 is 0 Å². The Balaban J connectivity index is 1.94. The minimum atomic E-state index is -0.124. The van der Waals surface area contributed by atoms with E-state index in [2.05, 4.69) is 15.2 Å². The summed E-state index contributed by atoms with van der Waals surface area (Å²) in [5.74, 6) is -0.0586. The maximum atomic E-state index is 12.3. The van der Waals surface area contributed by atoms with Crippen LogP contribution in [0.2, 0.25) is 0 Å². The molecule has 1 atom stereocenters. The van der Waals surface area contributed by atoms with Gasteiger partial charge in [-0.25, -0.2) is 0 Å². The van der Waals surface area contributed by atoms with Crippen molar-refractivity contribution in [2.45, 2.75) is 25.0 Å². The number of rotatable bonds is 7. The van der Waals surface area contributed by atoms with Crippen molar-refractivity contribution >= 4 is 5.91 Å². The Bertz CT molecular complexity index is 441. The van der Waals surface area contributed by atoms with Gasteiger partial charge in [0.25, 0.3) is 5.91 Å². The summed E-state index contributed by atoms with van der Waals surface area (Å²) in [6.45, 7) is 2.92. The number of ether oxygens (including phenoxy) is 2. The molecule has 1 saturated heterocycles. The van der Waals surface area contributed by atoms with Gasteiger partial charge in [0.05, 0.1) is 12.7 Å². The Morgan fingerprint density at radius 1 is 1.48 bits per heavy atom. The highest BCUT2D eigenvalue weighted by Gasteiger charge is 2.20. The third kappa shape index (κ3) is 4.30. The fraction of sp³-hybridized carbons (Fsp3) is 0.667. The van der Waals surface area contributed by atoms with E-state index in [1.807, 2.05) is 18.3 Å². The van der Waals surface area contributed by atoms with Gasteiger partial charge in [-0.2, -0.15) is 0 Å². The number of carbonyl (C=O) groups is 1. The largest absolute Gasteiger partial charge is 0.382 e. The maximum absolute atomic E-state index is 12.3. The van der Waals surface area contributed by atoms with E-state index in [1.54, 1.807) is 14.2 Å². The number of nitrogens with zero attached hydrogens (tertiary/aromatic N) is 1. The summed E-state index contributed by atoms with van der Waals surface area (Å²) in [5.41, 5.74) is 0.717. The zero-order valence-electron chi connectivity index (χ0n) is 12.8. The lowest BCUT2D eigenvalue weighted by atomic mass is 10.1. The molecule has 0 aromatic carbocycles. The summed E-state index contributed by atoms with van der Waals surface area (Å²) >= 11 is 0. The number of hydrogen-bond acceptors (Lipinski definition) is 4. The summed E-state index contributed by atoms with van der Waals surface area (Å²) in [6.07, 6.45) is 3.98. The summed E-state index contributed by atoms with van der Waals surface area (Å²) in [5, 5.41) is 6.26. The molecule has 1 unspecified atom stereocenters. The van der Waals surface area contributed by atoms with Gasteiger partial charge in [0.2, 0.25) is 0 Å². The molecular formula is C15H25N3O3. The van der Waals surface area contributed by atoms with E-state index in [9.17, 15) is 4.79 Å². The fourth-order valence-corrected chi connectivity index (χ4v) is 2.68. The van der Waals surface area contributed by atoms with Gasteiger partial charge in [0.1, 0.15) is 5.69 Å². The van der Waals surface area contributed by atoms with Crippen molar-refractivity contribution in [3.8, 4) is 0 Å². The van der Waals surface area contributed by atoms with Crippen molar-refractivity contribution < 1.29 is 14.3 Å². The van der Waals surface area contributed by atoms with Crippen LogP contribution in [-0.2, 0) is 9.47 Å². The first-order valence-electron chi connectivity index (χ1n) is 7.43. The molecule has 0 aliphatic carbocycles. The number of piperidine rings is 1. The lowest BCUT2D eigenvalue weighted by molar-refractivity contribution is 0.0284. The molecule has 118 valence electrons. The van der Waals surface area contributed by atoms with Gasteiger partial charge in [0.15, 0.2) is 0 Å². The Labute approximate surface area is 125 Å². The minimum absolute atomic E-state index is 0.0586. The molecular weight excluding hydrogens is 270 g/mol. The van der Waals surface area contributed by atoms with Crippen LogP contribution in [-0.4, -0.2) is 57.0 Å². The predicted molar refractivity (Wildman–Crippen MR) is 80.6 cm³/mol. The molecule has 1 amide bonds. The monoisotopic (exact) mass is 295 g/mol. The zero-order valence-corrected chi connectivity index (χ0v) is 12.8. The van der Waals surface area contributed by atoms with E-state index in [0.29, 0.717) is 24.9 Å². The van der Waals surface area contributed by atoms with Gasteiger partial charge in [-0.05, 0) is 38.1 Å². The van der Waals surface area contributed by atoms with Crippen molar-refractivity contribution in [2.75, 3.05) is 40.5 Å². The molecule has 0 bridgehead atoms. The van der Waals surface area contributed by atoms with Crippen LogP contribution < -0.4 is 10.6 Å². The molecule has 6 nitrogen and oxygen atoms in total. The molecule has 1 aromatic heterocycles. The van der Waals surface area contributed by atoms with Gasteiger partial charge in [-0.3, -0.25) is 4.79 Å². The molecule has 21 heavy (non-hydrogen) atoms. The number of nitrogens with one attached hydrogen (secondary N) is 2. The smallest absolute Gasteiger partial charge is 0.268 e. The lowest BCUT2D eigenvalue weighted by Gasteiger charge is -2.26. The average Bonchev–Trinajstić information content (AvgIpc) is 3.01. The van der Waals surface area contributed by atoms with Crippen LogP contribution in [0.25, 0.3) is 0 Å². The summed E-state index contributed by atoms with van der Waals surface area (Å²) in [4.78, 5) is 12.3. The minimum Gasteiger partial charge on any atom is -0.382 e. The number of aromatic nitrogens is 1. The van der Waals surface area contributed by atoms with Crippen LogP contribution in [0.5, 0.6) is 0 Å². The van der Waals surface area contributed by atoms with Crippen LogP contribution in [0.3, 0.4) is 0 Å². The number of carbonyl (C=O) groups excluding carboxylic acids is 1. The Hall–Kier alpha value is -1.37. The average molecular weight is 295 g/mol. The number of hydrogen-bond donors (Lipinski definition) is 2. The first-order valence-corrected chi connectivity index (χ1v) is 7.43. The SMILES string of the molecule is COCC(CNC(=O)c1cccn1C1CCNCC1)OC. The van der Waals surface area contributed by atoms with E-state index in [0.717, 1.165) is 25.9 Å². The fourth-order valence-electron chi connectivity index (χ4n) is 2.68. The molecule has 2 heterocycles. The first-order chi connectivity index (χ1) is 10.3. The summed E-state index contributed by atoms with van der Waals surface area (Å²) in [7, 11) is 3.24. The topological polar surface area (TPSA) is 64.5 Å². The quantitative estimate of drug-likeness (QED) is 0.781. The third-order valence-corrected chi connectivity index (χ3v) is 3.89. The first kappa shape index (κ1) is 16.0. The number of amides is 1. The van der Waals surface area contributed by atoms with Crippen molar-refractivity contribution in [1.82, 2.24) is 15.2 Å². The van der Waals surface area contributed by atoms with E-state index in [1.165, 1.54) is 0 Å². The zero-order chi connectivity index (χ0) is 15.1. The molecule has 6 heteroatoms. The van der Waals surface area contributed by atoms with E-state index in [-0.39, 0.29) is 12.0 Å². The second-order valence-electron chi connectivity index (χ2n) is 5.30. The highest BCUT2D eigenvalue weighted by molar-refractivity contribution is 5.92. The van der Waals surface area contributed by atoms with Gasteiger partial charge in [-0.15, -0.1) is 0 Å². The van der Waals surface area contributed by atoms with Crippen molar-refractivity contribution in [2.24, 2.45) is 0 Å². The predicted octanol–water partition coefficient (Wildman–Crippen LogP) is 0.804. The van der Waals surface area contributed by atoms with Crippen molar-refractivity contribution in [3.63, 3.8) is 0 Å². The molecule has 1 fully saturated rings. The third-order valence-electron chi connectivity index (χ3n) is 3.89. The molecule has 1 aromatic rings. The van der Waals surface area contributed by atoms with E-state index >= 15 is 0 Å². The van der Waals surface area contributed by atoms with Crippen LogP contribution in [0.15, 0.2) is 18.3 Å². The summed E-state index contributed by atoms with van der Waals surface area (Å²) in [6, 6.07) is 4.20. The molecule has 1 aliphatic rings. The molecule has 0 saturated carbocycles. The second-order valence-corrected chi connectivity index (χ2v) is 5.30. The molecule has 2 N–H and O–H groups in total. The van der Waals surface area contributed by atoms with Crippen molar-refractivity contribution in [1.29, 1.82) is 0 Å². The summed E-state index contributed by atoms with van der Waals surface area (Å²) < 4.78 is 12.4.